The summed E-state index contributed by atoms with van der Waals surface area (Å²) in [7, 11) is 2.12. The maximum Gasteiger partial charge on any atom is 0.221 e. The van der Waals surface area contributed by atoms with E-state index in [0.29, 0.717) is 0 Å². The van der Waals surface area contributed by atoms with Crippen molar-refractivity contribution in [1.29, 1.82) is 0 Å². The minimum absolute atomic E-state index is 0.797. The molecular formula is C10H14N2O. The summed E-state index contributed by atoms with van der Waals surface area (Å²) in [5.41, 5.74) is 1.24. The molecule has 3 heteroatoms. The number of oxazole rings is 1. The molecule has 0 spiro atoms. The molecule has 2 rings (SSSR count). The summed E-state index contributed by atoms with van der Waals surface area (Å²) in [6.07, 6.45) is 5.00. The van der Waals surface area contributed by atoms with Crippen molar-refractivity contribution in [3.8, 4) is 0 Å². The van der Waals surface area contributed by atoms with Crippen LogP contribution in [-0.4, -0.2) is 30.0 Å². The van der Waals surface area contributed by atoms with Crippen LogP contribution in [0.2, 0.25) is 0 Å². The summed E-state index contributed by atoms with van der Waals surface area (Å²) in [6, 6.07) is 0. The molecule has 0 saturated carbocycles. The molecule has 1 aromatic heterocycles. The molecule has 3 nitrogen and oxygen atoms in total. The van der Waals surface area contributed by atoms with Crippen molar-refractivity contribution in [2.24, 2.45) is 0 Å². The van der Waals surface area contributed by atoms with Gasteiger partial charge in [-0.3, -0.25) is 0 Å². The second-order valence-electron chi connectivity index (χ2n) is 3.52. The van der Waals surface area contributed by atoms with Gasteiger partial charge in [-0.25, -0.2) is 4.98 Å². The quantitative estimate of drug-likeness (QED) is 0.655. The maximum absolute atomic E-state index is 5.46. The lowest BCUT2D eigenvalue weighted by Crippen LogP contribution is -2.23. The summed E-state index contributed by atoms with van der Waals surface area (Å²) in [5, 5.41) is 0. The number of hydrogen-bond donors (Lipinski definition) is 0. The molecular weight excluding hydrogens is 164 g/mol. The van der Waals surface area contributed by atoms with Gasteiger partial charge in [0.15, 0.2) is 0 Å². The second-order valence-corrected chi connectivity index (χ2v) is 3.52. The van der Waals surface area contributed by atoms with E-state index in [0.717, 1.165) is 31.2 Å². The van der Waals surface area contributed by atoms with Gasteiger partial charge in [0, 0.05) is 18.7 Å². The van der Waals surface area contributed by atoms with Crippen molar-refractivity contribution < 1.29 is 4.42 Å². The normalized spacial score (nSPS) is 18.8. The SMILES string of the molecule is Cc1cnc(C2=CCN(C)CC2)o1. The molecule has 0 radical (unpaired) electrons. The summed E-state index contributed by atoms with van der Waals surface area (Å²) in [5.74, 6) is 1.68. The first-order chi connectivity index (χ1) is 6.25. The zero-order valence-electron chi connectivity index (χ0n) is 8.08. The van der Waals surface area contributed by atoms with Crippen molar-refractivity contribution in [3.05, 3.63) is 23.9 Å². The van der Waals surface area contributed by atoms with E-state index in [1.807, 2.05) is 6.92 Å². The molecule has 70 valence electrons. The summed E-state index contributed by atoms with van der Waals surface area (Å²) in [6.45, 7) is 4.01. The Kier molecular flexibility index (Phi) is 2.19. The second kappa shape index (κ2) is 3.34. The molecule has 0 amide bonds. The van der Waals surface area contributed by atoms with E-state index < -0.39 is 0 Å². The van der Waals surface area contributed by atoms with Gasteiger partial charge in [-0.05, 0) is 20.4 Å². The third kappa shape index (κ3) is 1.80. The van der Waals surface area contributed by atoms with E-state index in [9.17, 15) is 0 Å². The zero-order valence-corrected chi connectivity index (χ0v) is 8.08. The van der Waals surface area contributed by atoms with Crippen LogP contribution in [-0.2, 0) is 0 Å². The molecule has 2 heterocycles. The molecule has 1 aromatic rings. The Hall–Kier alpha value is -1.09. The molecule has 0 aromatic carbocycles. The highest BCUT2D eigenvalue weighted by atomic mass is 16.4. The van der Waals surface area contributed by atoms with Crippen LogP contribution in [0.15, 0.2) is 16.7 Å². The molecule has 0 N–H and O–H groups in total. The van der Waals surface area contributed by atoms with E-state index in [1.165, 1.54) is 5.57 Å². The molecule has 13 heavy (non-hydrogen) atoms. The Labute approximate surface area is 78.1 Å². The smallest absolute Gasteiger partial charge is 0.221 e. The first-order valence-electron chi connectivity index (χ1n) is 4.56. The Balaban J connectivity index is 2.18. The van der Waals surface area contributed by atoms with Gasteiger partial charge in [-0.1, -0.05) is 6.08 Å². The van der Waals surface area contributed by atoms with Gasteiger partial charge < -0.3 is 9.32 Å². The Morgan fingerprint density at radius 2 is 2.38 bits per heavy atom. The van der Waals surface area contributed by atoms with Crippen LogP contribution in [0, 0.1) is 6.92 Å². The molecule has 0 bridgehead atoms. The first-order valence-corrected chi connectivity index (χ1v) is 4.56. The van der Waals surface area contributed by atoms with Crippen molar-refractivity contribution in [2.45, 2.75) is 13.3 Å². The van der Waals surface area contributed by atoms with Gasteiger partial charge in [0.1, 0.15) is 5.76 Å². The highest BCUT2D eigenvalue weighted by Gasteiger charge is 2.12. The largest absolute Gasteiger partial charge is 0.442 e. The molecule has 1 aliphatic rings. The van der Waals surface area contributed by atoms with E-state index in [-0.39, 0.29) is 0 Å². The summed E-state index contributed by atoms with van der Waals surface area (Å²) < 4.78 is 5.46. The van der Waals surface area contributed by atoms with E-state index in [2.05, 4.69) is 23.0 Å². The van der Waals surface area contributed by atoms with Crippen LogP contribution in [0.25, 0.3) is 5.57 Å². The molecule has 0 aliphatic carbocycles. The Morgan fingerprint density at radius 3 is 2.92 bits per heavy atom. The van der Waals surface area contributed by atoms with Crippen LogP contribution >= 0.6 is 0 Å². The number of hydrogen-bond acceptors (Lipinski definition) is 3. The highest BCUT2D eigenvalue weighted by Crippen LogP contribution is 2.20. The third-order valence-electron chi connectivity index (χ3n) is 2.31. The Bertz CT molecular complexity index is 327. The number of aromatic nitrogens is 1. The average Bonchev–Trinajstić information content (AvgIpc) is 2.53. The lowest BCUT2D eigenvalue weighted by Gasteiger charge is -2.20. The predicted molar refractivity (Wildman–Crippen MR) is 51.3 cm³/mol. The number of likely N-dealkylation sites (N-methyl/N-ethyl adjacent to an activating group) is 1. The van der Waals surface area contributed by atoms with Crippen LogP contribution in [0.5, 0.6) is 0 Å². The van der Waals surface area contributed by atoms with E-state index in [1.54, 1.807) is 6.20 Å². The fourth-order valence-corrected chi connectivity index (χ4v) is 1.47. The lowest BCUT2D eigenvalue weighted by atomic mass is 10.1. The number of rotatable bonds is 1. The van der Waals surface area contributed by atoms with Gasteiger partial charge in [-0.2, -0.15) is 0 Å². The van der Waals surface area contributed by atoms with Gasteiger partial charge in [0.2, 0.25) is 5.89 Å². The Morgan fingerprint density at radius 1 is 1.54 bits per heavy atom. The summed E-state index contributed by atoms with van der Waals surface area (Å²) >= 11 is 0. The third-order valence-corrected chi connectivity index (χ3v) is 2.31. The van der Waals surface area contributed by atoms with Crippen molar-refractivity contribution in [2.75, 3.05) is 20.1 Å². The molecule has 0 atom stereocenters. The van der Waals surface area contributed by atoms with Gasteiger partial charge in [0.25, 0.3) is 0 Å². The van der Waals surface area contributed by atoms with Crippen molar-refractivity contribution >= 4 is 5.57 Å². The zero-order chi connectivity index (χ0) is 9.26. The highest BCUT2D eigenvalue weighted by molar-refractivity contribution is 5.59. The maximum atomic E-state index is 5.46. The fraction of sp³-hybridized carbons (Fsp3) is 0.500. The number of aryl methyl sites for hydroxylation is 1. The van der Waals surface area contributed by atoms with Gasteiger partial charge in [-0.15, -0.1) is 0 Å². The summed E-state index contributed by atoms with van der Waals surface area (Å²) in [4.78, 5) is 6.49. The number of nitrogens with zero attached hydrogens (tertiary/aromatic N) is 2. The first kappa shape index (κ1) is 8.51. The van der Waals surface area contributed by atoms with Gasteiger partial charge in [0.05, 0.1) is 6.20 Å². The van der Waals surface area contributed by atoms with Crippen molar-refractivity contribution in [3.63, 3.8) is 0 Å². The van der Waals surface area contributed by atoms with Gasteiger partial charge >= 0.3 is 0 Å². The average molecular weight is 178 g/mol. The molecule has 0 fully saturated rings. The monoisotopic (exact) mass is 178 g/mol. The van der Waals surface area contributed by atoms with Crippen molar-refractivity contribution in [1.82, 2.24) is 9.88 Å². The van der Waals surface area contributed by atoms with Crippen LogP contribution in [0.4, 0.5) is 0 Å². The van der Waals surface area contributed by atoms with Crippen LogP contribution in [0.3, 0.4) is 0 Å². The van der Waals surface area contributed by atoms with Crippen LogP contribution < -0.4 is 0 Å². The lowest BCUT2D eigenvalue weighted by molar-refractivity contribution is 0.366. The standard InChI is InChI=1S/C10H14N2O/c1-8-7-11-10(13-8)9-3-5-12(2)6-4-9/h3,7H,4-6H2,1-2H3. The predicted octanol–water partition coefficient (Wildman–Crippen LogP) is 1.70. The van der Waals surface area contributed by atoms with E-state index in [4.69, 9.17) is 4.42 Å². The minimum atomic E-state index is 0.797. The fourth-order valence-electron chi connectivity index (χ4n) is 1.47. The topological polar surface area (TPSA) is 29.3 Å². The molecule has 1 aliphatic heterocycles. The molecule has 0 saturated heterocycles. The minimum Gasteiger partial charge on any atom is -0.442 e. The van der Waals surface area contributed by atoms with Crippen LogP contribution in [0.1, 0.15) is 18.1 Å². The van der Waals surface area contributed by atoms with E-state index >= 15 is 0 Å². The molecule has 0 unspecified atom stereocenters.